The van der Waals surface area contributed by atoms with Gasteiger partial charge in [0.05, 0.1) is 5.02 Å². The number of urea groups is 1. The highest BCUT2D eigenvalue weighted by atomic mass is 35.5. The van der Waals surface area contributed by atoms with Gasteiger partial charge in [0.1, 0.15) is 5.82 Å². The van der Waals surface area contributed by atoms with E-state index in [2.05, 4.69) is 20.8 Å². The number of rotatable bonds is 3. The number of carbonyl (C=O) groups is 1. The molecule has 5 nitrogen and oxygen atoms in total. The number of aromatic nitrogens is 2. The Balaban J connectivity index is 1.68. The van der Waals surface area contributed by atoms with Crippen LogP contribution in [0.2, 0.25) is 5.02 Å². The Kier molecular flexibility index (Phi) is 4.50. The van der Waals surface area contributed by atoms with Gasteiger partial charge in [-0.1, -0.05) is 41.1 Å². The summed E-state index contributed by atoms with van der Waals surface area (Å²) in [5.41, 5.74) is 1.22. The Bertz CT molecular complexity index is 838. The third kappa shape index (κ3) is 3.82. The normalized spacial score (nSPS) is 10.3. The summed E-state index contributed by atoms with van der Waals surface area (Å²) in [5.74, 6) is -0.371. The lowest BCUT2D eigenvalue weighted by atomic mass is 10.2. The average Bonchev–Trinajstić information content (AvgIpc) is 2.98. The topological polar surface area (TPSA) is 66.9 Å². The second-order valence-corrected chi connectivity index (χ2v) is 5.86. The molecule has 2 amide bonds. The first-order valence-corrected chi connectivity index (χ1v) is 7.73. The standard InChI is InChI=1S/C15H10ClFN4OS/c16-12-4-2-1-3-11(12)13-20-21-15(23-13)19-14(22)18-10-7-5-9(17)6-8-10/h1-8H,(H2,18,19,21,22). The summed E-state index contributed by atoms with van der Waals surface area (Å²) in [6.07, 6.45) is 0. The molecule has 0 atom stereocenters. The van der Waals surface area contributed by atoms with Crippen LogP contribution in [0.1, 0.15) is 0 Å². The van der Waals surface area contributed by atoms with Crippen LogP contribution in [0.5, 0.6) is 0 Å². The van der Waals surface area contributed by atoms with Crippen LogP contribution in [0, 0.1) is 5.82 Å². The van der Waals surface area contributed by atoms with Gasteiger partial charge in [-0.15, -0.1) is 10.2 Å². The molecule has 0 aliphatic carbocycles. The van der Waals surface area contributed by atoms with Crippen molar-refractivity contribution in [2.45, 2.75) is 0 Å². The van der Waals surface area contributed by atoms with E-state index in [4.69, 9.17) is 11.6 Å². The zero-order valence-electron chi connectivity index (χ0n) is 11.6. The molecule has 23 heavy (non-hydrogen) atoms. The summed E-state index contributed by atoms with van der Waals surface area (Å²) < 4.78 is 12.8. The van der Waals surface area contributed by atoms with Gasteiger partial charge < -0.3 is 5.32 Å². The van der Waals surface area contributed by atoms with Crippen LogP contribution in [-0.4, -0.2) is 16.2 Å². The van der Waals surface area contributed by atoms with Gasteiger partial charge in [0.2, 0.25) is 5.13 Å². The monoisotopic (exact) mass is 348 g/mol. The highest BCUT2D eigenvalue weighted by Gasteiger charge is 2.11. The molecule has 0 spiro atoms. The highest BCUT2D eigenvalue weighted by molar-refractivity contribution is 7.18. The number of nitrogens with one attached hydrogen (secondary N) is 2. The van der Waals surface area contributed by atoms with Crippen molar-refractivity contribution in [1.29, 1.82) is 0 Å². The molecule has 0 saturated heterocycles. The summed E-state index contributed by atoms with van der Waals surface area (Å²) in [5, 5.41) is 14.6. The number of hydrogen-bond acceptors (Lipinski definition) is 4. The Morgan fingerprint density at radius 2 is 1.78 bits per heavy atom. The molecule has 0 fully saturated rings. The van der Waals surface area contributed by atoms with Crippen LogP contribution in [0.25, 0.3) is 10.6 Å². The highest BCUT2D eigenvalue weighted by Crippen LogP contribution is 2.31. The molecular weight excluding hydrogens is 339 g/mol. The van der Waals surface area contributed by atoms with Crippen molar-refractivity contribution in [2.24, 2.45) is 0 Å². The van der Waals surface area contributed by atoms with Crippen LogP contribution in [0.15, 0.2) is 48.5 Å². The molecule has 8 heteroatoms. The fraction of sp³-hybridized carbons (Fsp3) is 0. The third-order valence-electron chi connectivity index (χ3n) is 2.85. The SMILES string of the molecule is O=C(Nc1ccc(F)cc1)Nc1nnc(-c2ccccc2Cl)s1. The lowest BCUT2D eigenvalue weighted by molar-refractivity contribution is 0.262. The molecule has 0 bridgehead atoms. The second-order valence-electron chi connectivity index (χ2n) is 4.48. The van der Waals surface area contributed by atoms with E-state index >= 15 is 0 Å². The van der Waals surface area contributed by atoms with E-state index in [1.807, 2.05) is 18.2 Å². The summed E-state index contributed by atoms with van der Waals surface area (Å²) in [4.78, 5) is 11.9. The number of anilines is 2. The number of nitrogens with zero attached hydrogens (tertiary/aromatic N) is 2. The van der Waals surface area contributed by atoms with Crippen LogP contribution < -0.4 is 10.6 Å². The average molecular weight is 349 g/mol. The summed E-state index contributed by atoms with van der Waals surface area (Å²) in [6, 6.07) is 12.2. The number of amides is 2. The van der Waals surface area contributed by atoms with E-state index in [0.717, 1.165) is 5.56 Å². The Labute approximate surface area is 140 Å². The maximum absolute atomic E-state index is 12.8. The molecule has 0 aliphatic heterocycles. The minimum Gasteiger partial charge on any atom is -0.308 e. The molecule has 1 heterocycles. The molecule has 1 aromatic heterocycles. The van der Waals surface area contributed by atoms with Crippen molar-refractivity contribution in [3.8, 4) is 10.6 Å². The van der Waals surface area contributed by atoms with E-state index in [-0.39, 0.29) is 5.82 Å². The Morgan fingerprint density at radius 3 is 2.52 bits per heavy atom. The summed E-state index contributed by atoms with van der Waals surface area (Å²) >= 11 is 7.31. The molecule has 3 rings (SSSR count). The molecular formula is C15H10ClFN4OS. The van der Waals surface area contributed by atoms with Crippen LogP contribution in [-0.2, 0) is 0 Å². The maximum Gasteiger partial charge on any atom is 0.325 e. The largest absolute Gasteiger partial charge is 0.325 e. The van der Waals surface area contributed by atoms with Gasteiger partial charge in [-0.2, -0.15) is 0 Å². The summed E-state index contributed by atoms with van der Waals surface area (Å²) in [7, 11) is 0. The molecule has 2 N–H and O–H groups in total. The number of carbonyl (C=O) groups excluding carboxylic acids is 1. The number of benzene rings is 2. The Hall–Kier alpha value is -2.51. The van der Waals surface area contributed by atoms with Crippen molar-refractivity contribution in [3.63, 3.8) is 0 Å². The van der Waals surface area contributed by atoms with Gasteiger partial charge in [-0.25, -0.2) is 9.18 Å². The molecule has 2 aromatic carbocycles. The van der Waals surface area contributed by atoms with E-state index in [9.17, 15) is 9.18 Å². The molecule has 0 unspecified atom stereocenters. The van der Waals surface area contributed by atoms with Gasteiger partial charge in [0, 0.05) is 11.3 Å². The lowest BCUT2D eigenvalue weighted by Crippen LogP contribution is -2.19. The van der Waals surface area contributed by atoms with Crippen molar-refractivity contribution in [2.75, 3.05) is 10.6 Å². The number of hydrogen-bond donors (Lipinski definition) is 2. The van der Waals surface area contributed by atoms with Crippen molar-refractivity contribution < 1.29 is 9.18 Å². The van der Waals surface area contributed by atoms with Crippen molar-refractivity contribution >= 4 is 39.8 Å². The van der Waals surface area contributed by atoms with Crippen LogP contribution in [0.4, 0.5) is 20.0 Å². The number of halogens is 2. The minimum absolute atomic E-state index is 0.333. The maximum atomic E-state index is 12.8. The predicted molar refractivity (Wildman–Crippen MR) is 89.4 cm³/mol. The smallest absolute Gasteiger partial charge is 0.308 e. The first-order valence-electron chi connectivity index (χ1n) is 6.54. The van der Waals surface area contributed by atoms with E-state index in [1.54, 1.807) is 6.07 Å². The molecule has 0 saturated carbocycles. The lowest BCUT2D eigenvalue weighted by Gasteiger charge is -2.04. The fourth-order valence-electron chi connectivity index (χ4n) is 1.81. The predicted octanol–water partition coefficient (Wildman–Crippen LogP) is 4.64. The minimum atomic E-state index is -0.488. The van der Waals surface area contributed by atoms with Gasteiger partial charge in [0.15, 0.2) is 5.01 Å². The van der Waals surface area contributed by atoms with Crippen molar-refractivity contribution in [3.05, 3.63) is 59.4 Å². The van der Waals surface area contributed by atoms with E-state index in [1.165, 1.54) is 35.6 Å². The summed E-state index contributed by atoms with van der Waals surface area (Å²) in [6.45, 7) is 0. The van der Waals surface area contributed by atoms with Gasteiger partial charge >= 0.3 is 6.03 Å². The molecule has 116 valence electrons. The molecule has 3 aromatic rings. The van der Waals surface area contributed by atoms with Crippen molar-refractivity contribution in [1.82, 2.24) is 10.2 Å². The van der Waals surface area contributed by atoms with Crippen LogP contribution in [0.3, 0.4) is 0 Å². The third-order valence-corrected chi connectivity index (χ3v) is 4.05. The van der Waals surface area contributed by atoms with Gasteiger partial charge in [-0.3, -0.25) is 5.32 Å². The molecule has 0 aliphatic rings. The Morgan fingerprint density at radius 1 is 1.04 bits per heavy atom. The first-order chi connectivity index (χ1) is 11.1. The second kappa shape index (κ2) is 6.72. The van der Waals surface area contributed by atoms with Gasteiger partial charge in [0.25, 0.3) is 0 Å². The molecule has 0 radical (unpaired) electrons. The van der Waals surface area contributed by atoms with E-state index < -0.39 is 6.03 Å². The quantitative estimate of drug-likeness (QED) is 0.724. The first kappa shape index (κ1) is 15.4. The van der Waals surface area contributed by atoms with E-state index in [0.29, 0.717) is 20.8 Å². The zero-order valence-corrected chi connectivity index (χ0v) is 13.2. The fourth-order valence-corrected chi connectivity index (χ4v) is 2.87. The van der Waals surface area contributed by atoms with Crippen LogP contribution >= 0.6 is 22.9 Å². The zero-order chi connectivity index (χ0) is 16.2. The van der Waals surface area contributed by atoms with Gasteiger partial charge in [-0.05, 0) is 30.3 Å².